The van der Waals surface area contributed by atoms with Gasteiger partial charge in [-0.05, 0) is 0 Å². The topological polar surface area (TPSA) is 64.7 Å². The molecule has 5 heteroatoms. The van der Waals surface area contributed by atoms with Gasteiger partial charge in [-0.25, -0.2) is 0 Å². The summed E-state index contributed by atoms with van der Waals surface area (Å²) in [5, 5.41) is 1.76. The number of rotatable bonds is 1. The second kappa shape index (κ2) is 8.84. The molecule has 0 heterocycles. The summed E-state index contributed by atoms with van der Waals surface area (Å²) in [6.45, 7) is 0. The molecule has 0 radical (unpaired) electrons. The van der Waals surface area contributed by atoms with Crippen LogP contribution in [0.25, 0.3) is 0 Å². The normalized spacial score (nSPS) is 4.20. The van der Waals surface area contributed by atoms with Crippen LogP contribution in [0.15, 0.2) is 5.34 Å². The third kappa shape index (κ3) is 13.1. The standard InChI is InChI=1S/H2N2O2.Na.H/c1-4-2-3;;/h1H2;;/q;+1;-1. The van der Waals surface area contributed by atoms with E-state index in [9.17, 15) is 0 Å². The van der Waals surface area contributed by atoms with Gasteiger partial charge in [0.05, 0.1) is 0 Å². The fraction of sp³-hybridized carbons (Fsp3) is 0. The Morgan fingerprint density at radius 2 is 2.20 bits per heavy atom. The molecule has 0 aliphatic rings. The van der Waals surface area contributed by atoms with Crippen molar-refractivity contribution in [1.29, 1.82) is 0 Å². The zero-order valence-corrected chi connectivity index (χ0v) is 4.84. The molecule has 0 saturated carbocycles. The van der Waals surface area contributed by atoms with Crippen molar-refractivity contribution < 1.29 is 35.9 Å². The van der Waals surface area contributed by atoms with Gasteiger partial charge in [0, 0.05) is 0 Å². The van der Waals surface area contributed by atoms with Crippen molar-refractivity contribution >= 4 is 0 Å². The summed E-state index contributed by atoms with van der Waals surface area (Å²) in [5.41, 5.74) is 0. The molecule has 0 aliphatic heterocycles. The van der Waals surface area contributed by atoms with Gasteiger partial charge in [0.15, 0.2) is 5.34 Å². The summed E-state index contributed by atoms with van der Waals surface area (Å²) in [6.07, 6.45) is 0. The Morgan fingerprint density at radius 3 is 2.20 bits per heavy atom. The van der Waals surface area contributed by atoms with Crippen molar-refractivity contribution in [2.45, 2.75) is 0 Å². The van der Waals surface area contributed by atoms with E-state index in [-0.39, 0.29) is 31.0 Å². The van der Waals surface area contributed by atoms with E-state index in [4.69, 9.17) is 4.91 Å². The maximum Gasteiger partial charge on any atom is 1.00 e. The average molecular weight is 86.0 g/mol. The van der Waals surface area contributed by atoms with Crippen LogP contribution in [-0.4, -0.2) is 0 Å². The molecule has 2 N–H and O–H groups in total. The molecular formula is H3N2NaO2. The van der Waals surface area contributed by atoms with Crippen molar-refractivity contribution in [3.8, 4) is 0 Å². The third-order valence-corrected chi connectivity index (χ3v) is 0.0430. The van der Waals surface area contributed by atoms with E-state index in [1.807, 2.05) is 0 Å². The van der Waals surface area contributed by atoms with E-state index >= 15 is 0 Å². The molecule has 0 saturated heterocycles. The SMILES string of the molecule is NON=O.[H-].[Na+]. The smallest absolute Gasteiger partial charge is 1.00 e. The second-order valence-electron chi connectivity index (χ2n) is 0.180. The van der Waals surface area contributed by atoms with Gasteiger partial charge in [0.1, 0.15) is 0 Å². The first-order valence-corrected chi connectivity index (χ1v) is 0.601. The molecule has 26 valence electrons. The third-order valence-electron chi connectivity index (χ3n) is 0.0430. The molecule has 0 aliphatic carbocycles. The van der Waals surface area contributed by atoms with Gasteiger partial charge in [0.2, 0.25) is 0 Å². The minimum atomic E-state index is 0. The Hall–Kier alpha value is 0.360. The monoisotopic (exact) mass is 86.0 g/mol. The molecule has 0 aromatic carbocycles. The molecule has 0 bridgehead atoms. The van der Waals surface area contributed by atoms with Crippen molar-refractivity contribution in [3.63, 3.8) is 0 Å². The number of hydrogen-bond acceptors (Lipinski definition) is 4. The zero-order chi connectivity index (χ0) is 3.41. The Bertz CT molecular complexity index is 25.5. The van der Waals surface area contributed by atoms with Gasteiger partial charge < -0.3 is 1.43 Å². The Balaban J connectivity index is -0.0000000450. The van der Waals surface area contributed by atoms with Crippen molar-refractivity contribution in [1.82, 2.24) is 0 Å². The maximum absolute atomic E-state index is 8.58. The summed E-state index contributed by atoms with van der Waals surface area (Å²) >= 11 is 0. The van der Waals surface area contributed by atoms with Gasteiger partial charge in [-0.15, -0.1) is 10.8 Å². The van der Waals surface area contributed by atoms with E-state index in [2.05, 4.69) is 10.8 Å². The van der Waals surface area contributed by atoms with Gasteiger partial charge in [0.25, 0.3) is 0 Å². The summed E-state index contributed by atoms with van der Waals surface area (Å²) in [7, 11) is 0. The van der Waals surface area contributed by atoms with E-state index < -0.39 is 0 Å². The average Bonchev–Trinajstić information content (AvgIpc) is 1.37. The molecule has 0 aromatic heterocycles. The number of nitrogens with zero attached hydrogens (tertiary/aromatic N) is 1. The van der Waals surface area contributed by atoms with E-state index in [0.717, 1.165) is 0 Å². The van der Waals surface area contributed by atoms with Gasteiger partial charge in [-0.2, -0.15) is 0 Å². The molecule has 5 heavy (non-hydrogen) atoms. The molecule has 0 atom stereocenters. The van der Waals surface area contributed by atoms with Crippen molar-refractivity contribution in [2.75, 3.05) is 0 Å². The minimum Gasteiger partial charge on any atom is -1.00 e. The Morgan fingerprint density at radius 1 is 2.00 bits per heavy atom. The van der Waals surface area contributed by atoms with Crippen LogP contribution in [0.3, 0.4) is 0 Å². The van der Waals surface area contributed by atoms with Crippen LogP contribution in [0.4, 0.5) is 0 Å². The number of hydrogen-bond donors (Lipinski definition) is 1. The summed E-state index contributed by atoms with van der Waals surface area (Å²) in [6, 6.07) is 0. The minimum absolute atomic E-state index is 0. The molecule has 0 amide bonds. The first-order chi connectivity index (χ1) is 1.91. The number of nitrogens with two attached hydrogens (primary N) is 1. The second-order valence-corrected chi connectivity index (χ2v) is 0.180. The van der Waals surface area contributed by atoms with Gasteiger partial charge in [-0.3, -0.25) is 4.94 Å². The maximum atomic E-state index is 8.58. The van der Waals surface area contributed by atoms with Crippen LogP contribution < -0.4 is 35.5 Å². The summed E-state index contributed by atoms with van der Waals surface area (Å²) in [5.74, 6) is 4.05. The first-order valence-electron chi connectivity index (χ1n) is 0.601. The summed E-state index contributed by atoms with van der Waals surface area (Å²) in [4.78, 5) is 11.7. The van der Waals surface area contributed by atoms with Crippen molar-refractivity contribution in [2.24, 2.45) is 11.2 Å². The zero-order valence-electron chi connectivity index (χ0n) is 3.84. The molecule has 0 spiro atoms. The first kappa shape index (κ1) is 9.03. The summed E-state index contributed by atoms with van der Waals surface area (Å²) < 4.78 is 0. The van der Waals surface area contributed by atoms with Gasteiger partial charge in [-0.1, -0.05) is 0 Å². The molecule has 0 aromatic rings. The largest absolute Gasteiger partial charge is 1.00 e. The molecule has 0 unspecified atom stereocenters. The van der Waals surface area contributed by atoms with E-state index in [1.165, 1.54) is 0 Å². The molecular weight excluding hydrogens is 83.0 g/mol. The molecule has 4 nitrogen and oxygen atoms in total. The van der Waals surface area contributed by atoms with Crippen molar-refractivity contribution in [3.05, 3.63) is 4.91 Å². The van der Waals surface area contributed by atoms with E-state index in [0.29, 0.717) is 0 Å². The van der Waals surface area contributed by atoms with Crippen LogP contribution in [0, 0.1) is 4.91 Å². The van der Waals surface area contributed by atoms with Gasteiger partial charge >= 0.3 is 29.6 Å². The van der Waals surface area contributed by atoms with Crippen LogP contribution in [0.2, 0.25) is 0 Å². The van der Waals surface area contributed by atoms with Crippen LogP contribution >= 0.6 is 0 Å². The Labute approximate surface area is 52.3 Å². The van der Waals surface area contributed by atoms with Crippen LogP contribution in [-0.2, 0) is 4.94 Å². The predicted octanol–water partition coefficient (Wildman–Crippen LogP) is -3.33. The quantitative estimate of drug-likeness (QED) is 0.206. The van der Waals surface area contributed by atoms with Crippen LogP contribution in [0.5, 0.6) is 0 Å². The fourth-order valence-electron chi connectivity index (χ4n) is 0. The van der Waals surface area contributed by atoms with E-state index in [1.54, 1.807) is 5.34 Å². The molecule has 0 rings (SSSR count). The Kier molecular flexibility index (Phi) is 16.0. The fourth-order valence-corrected chi connectivity index (χ4v) is 0. The molecule has 0 fully saturated rings. The predicted molar refractivity (Wildman–Crippen MR) is 12.2 cm³/mol. The van der Waals surface area contributed by atoms with Crippen LogP contribution in [0.1, 0.15) is 1.43 Å².